The Balaban J connectivity index is 0.000000288. The van der Waals surface area contributed by atoms with E-state index in [1.807, 2.05) is 0 Å². The lowest BCUT2D eigenvalue weighted by molar-refractivity contribution is -0.135. The molecule has 6 aromatic carbocycles. The van der Waals surface area contributed by atoms with Gasteiger partial charge in [0.25, 0.3) is 0 Å². The smallest absolute Gasteiger partial charge is 0.338 e. The molecule has 0 heterocycles. The molecule has 0 aromatic heterocycles. The summed E-state index contributed by atoms with van der Waals surface area (Å²) in [7, 11) is 0. The fraction of sp³-hybridized carbons (Fsp3) is 0.500. The Bertz CT molecular complexity index is 3940. The Labute approximate surface area is 731 Å². The number of rotatable bonds is 50. The number of hydrogen-bond donors (Lipinski definition) is 0. The quantitative estimate of drug-likeness (QED) is 0.0113. The van der Waals surface area contributed by atoms with Crippen LogP contribution in [0.3, 0.4) is 0 Å². The van der Waals surface area contributed by atoms with Gasteiger partial charge in [0.1, 0.15) is 58.9 Å². The SMILES string of the molecule is CCCCCC(=O)Oc1ccc(C(=O)OC2CCC(OC(=O)c3ccc(OC(=O)CCCCC)cc3)CC2)cc1.CCCCCCCC(=O)Oc1ccc(C(=O)OC2CCC(OC(=O)c3ccc(OC(=O)CCCCCCC)cc3)CC2)cc1.CCCCCCCOC(=O)c1ccc(OC(=O)C=CC(=O)Oc2ccc(C(=O)OCCCCCCC)cc2)cc1. The van der Waals surface area contributed by atoms with Crippen LogP contribution in [0.15, 0.2) is 158 Å². The van der Waals surface area contributed by atoms with Crippen molar-refractivity contribution in [3.63, 3.8) is 0 Å². The number of ether oxygens (including phenoxy) is 12. The summed E-state index contributed by atoms with van der Waals surface area (Å²) in [4.78, 5) is 147. The van der Waals surface area contributed by atoms with Crippen LogP contribution in [0.4, 0.5) is 0 Å². The number of esters is 12. The summed E-state index contributed by atoms with van der Waals surface area (Å²) in [5, 5.41) is 0. The monoisotopic (exact) mass is 1710 g/mol. The highest BCUT2D eigenvalue weighted by molar-refractivity contribution is 5.95. The minimum atomic E-state index is -0.785. The Hall–Kier alpha value is -11.3. The summed E-state index contributed by atoms with van der Waals surface area (Å²) >= 11 is 0. The van der Waals surface area contributed by atoms with Gasteiger partial charge in [-0.2, -0.15) is 0 Å². The highest BCUT2D eigenvalue weighted by Gasteiger charge is 2.30. The van der Waals surface area contributed by atoms with Gasteiger partial charge in [-0.3, -0.25) is 19.2 Å². The van der Waals surface area contributed by atoms with Crippen LogP contribution in [-0.2, 0) is 57.2 Å². The van der Waals surface area contributed by atoms with Gasteiger partial charge in [-0.25, -0.2) is 38.4 Å². The van der Waals surface area contributed by atoms with Crippen molar-refractivity contribution in [3.05, 3.63) is 191 Å². The van der Waals surface area contributed by atoms with Gasteiger partial charge in [0.05, 0.1) is 46.6 Å². The fourth-order valence-electron chi connectivity index (χ4n) is 13.2. The van der Waals surface area contributed by atoms with Gasteiger partial charge in [0.2, 0.25) is 0 Å². The van der Waals surface area contributed by atoms with E-state index in [1.165, 1.54) is 74.2 Å². The first kappa shape index (κ1) is 102. The summed E-state index contributed by atoms with van der Waals surface area (Å²) in [6, 6.07) is 37.4. The minimum absolute atomic E-state index is 0.211. The molecule has 0 unspecified atom stereocenters. The summed E-state index contributed by atoms with van der Waals surface area (Å²) in [5.41, 5.74) is 2.25. The number of unbranched alkanes of at least 4 members (excludes halogenated alkanes) is 20. The van der Waals surface area contributed by atoms with Crippen LogP contribution in [0.2, 0.25) is 0 Å². The molecule has 0 amide bonds. The van der Waals surface area contributed by atoms with Crippen molar-refractivity contribution in [2.45, 2.75) is 310 Å². The second-order valence-electron chi connectivity index (χ2n) is 31.0. The maximum atomic E-state index is 12.7. The third-order valence-corrected chi connectivity index (χ3v) is 20.5. The van der Waals surface area contributed by atoms with E-state index in [-0.39, 0.29) is 59.8 Å². The minimum Gasteiger partial charge on any atom is -0.462 e. The van der Waals surface area contributed by atoms with E-state index in [0.717, 1.165) is 153 Å². The highest BCUT2D eigenvalue weighted by atomic mass is 16.6. The molecule has 6 aromatic rings. The van der Waals surface area contributed by atoms with Gasteiger partial charge in [-0.1, -0.05) is 170 Å². The molecule has 2 saturated carbocycles. The topological polar surface area (TPSA) is 316 Å². The lowest BCUT2D eigenvalue weighted by atomic mass is 9.95. The largest absolute Gasteiger partial charge is 0.462 e. The summed E-state index contributed by atoms with van der Waals surface area (Å²) in [6.07, 6.45) is 33.9. The number of carbonyl (C=O) groups excluding carboxylic acids is 12. The summed E-state index contributed by atoms with van der Waals surface area (Å²) in [5.74, 6) is -3.23. The Morgan fingerprint density at radius 3 is 0.621 bits per heavy atom. The second-order valence-corrected chi connectivity index (χ2v) is 31.0. The molecule has 0 aliphatic heterocycles. The molecule has 2 aliphatic rings. The molecule has 24 heteroatoms. The van der Waals surface area contributed by atoms with E-state index in [4.69, 9.17) is 56.8 Å². The molecular weight excluding hydrogens is 1590 g/mol. The Morgan fingerprint density at radius 2 is 0.403 bits per heavy atom. The molecule has 0 spiro atoms. The number of benzene rings is 6. The summed E-state index contributed by atoms with van der Waals surface area (Å²) < 4.78 is 64.8. The normalized spacial score (nSPS) is 14.5. The maximum Gasteiger partial charge on any atom is 0.338 e. The number of hydrogen-bond acceptors (Lipinski definition) is 24. The third-order valence-electron chi connectivity index (χ3n) is 20.5. The molecule has 124 heavy (non-hydrogen) atoms. The van der Waals surface area contributed by atoms with Crippen molar-refractivity contribution < 1.29 is 114 Å². The van der Waals surface area contributed by atoms with Crippen molar-refractivity contribution in [2.75, 3.05) is 13.2 Å². The number of carbonyl (C=O) groups is 12. The zero-order valence-electron chi connectivity index (χ0n) is 73.4. The predicted molar refractivity (Wildman–Crippen MR) is 468 cm³/mol. The molecule has 0 atom stereocenters. The first-order valence-electron chi connectivity index (χ1n) is 44.9. The Morgan fingerprint density at radius 1 is 0.226 bits per heavy atom. The molecule has 0 saturated heterocycles. The molecule has 0 radical (unpaired) electrons. The van der Waals surface area contributed by atoms with Crippen molar-refractivity contribution in [1.82, 2.24) is 0 Å². The molecule has 0 N–H and O–H groups in total. The molecule has 8 rings (SSSR count). The van der Waals surface area contributed by atoms with Crippen LogP contribution >= 0.6 is 0 Å². The van der Waals surface area contributed by atoms with Crippen molar-refractivity contribution >= 4 is 71.6 Å². The van der Waals surface area contributed by atoms with Gasteiger partial charge in [-0.05, 0) is 235 Å². The Kier molecular flexibility index (Phi) is 49.3. The van der Waals surface area contributed by atoms with Gasteiger partial charge < -0.3 is 56.8 Å². The first-order valence-corrected chi connectivity index (χ1v) is 44.9. The predicted octanol–water partition coefficient (Wildman–Crippen LogP) is 22.5. The maximum absolute atomic E-state index is 12.7. The summed E-state index contributed by atoms with van der Waals surface area (Å²) in [6.45, 7) is 13.5. The van der Waals surface area contributed by atoms with E-state index in [2.05, 4.69) is 41.5 Å². The first-order chi connectivity index (χ1) is 60.2. The van der Waals surface area contributed by atoms with Crippen LogP contribution in [0.25, 0.3) is 0 Å². The van der Waals surface area contributed by atoms with Gasteiger partial charge >= 0.3 is 71.6 Å². The van der Waals surface area contributed by atoms with E-state index in [1.54, 1.807) is 97.1 Å². The molecule has 2 fully saturated rings. The van der Waals surface area contributed by atoms with Crippen LogP contribution in [0.5, 0.6) is 34.5 Å². The zero-order chi connectivity index (χ0) is 89.3. The highest BCUT2D eigenvalue weighted by Crippen LogP contribution is 2.30. The van der Waals surface area contributed by atoms with Crippen LogP contribution in [0.1, 0.15) is 348 Å². The third kappa shape index (κ3) is 42.2. The lowest BCUT2D eigenvalue weighted by Crippen LogP contribution is -2.29. The van der Waals surface area contributed by atoms with Gasteiger partial charge in [0.15, 0.2) is 0 Å². The molecule has 0 bridgehead atoms. The molecular formula is C100H128O24. The van der Waals surface area contributed by atoms with E-state index >= 15 is 0 Å². The molecule has 2 aliphatic carbocycles. The van der Waals surface area contributed by atoms with Crippen LogP contribution in [-0.4, -0.2) is 109 Å². The standard InChI is InChI=1S/C36H48O8.2C32H40O8/c1-3-5-7-9-11-13-33(37)41-29-19-15-27(16-20-29)35(39)43-31-23-25-32(26-24-31)44-36(40)28-17-21-30(22-18-28)42-34(38)14-12-10-8-6-4-2;1-3-5-7-9-29(33)37-25-15-11-23(12-16-25)31(35)39-27-19-21-28(22-20-27)40-32(36)24-13-17-26(18-14-24)38-30(34)10-8-6-4-2;1-3-5-7-9-11-23-37-31(35)25-13-17-27(18-14-25)39-29(33)21-22-30(34)40-28-19-15-26(16-20-28)32(36)38-24-12-10-8-6-4-2/h15-22,31-32H,3-14,23-26H2,1-2H3;11-18,27-28H,3-10,19-22H2,1-2H3;13-22H,3-12,23-24H2,1-2H3. The van der Waals surface area contributed by atoms with Crippen molar-refractivity contribution in [1.29, 1.82) is 0 Å². The van der Waals surface area contributed by atoms with Crippen molar-refractivity contribution in [3.8, 4) is 34.5 Å². The molecule has 24 nitrogen and oxygen atoms in total. The van der Waals surface area contributed by atoms with Crippen LogP contribution in [0, 0.1) is 0 Å². The van der Waals surface area contributed by atoms with Crippen LogP contribution < -0.4 is 28.4 Å². The molecule has 672 valence electrons. The van der Waals surface area contributed by atoms with Crippen molar-refractivity contribution in [2.24, 2.45) is 0 Å². The van der Waals surface area contributed by atoms with E-state index in [0.29, 0.717) is 147 Å². The fourth-order valence-corrected chi connectivity index (χ4v) is 13.2. The van der Waals surface area contributed by atoms with E-state index in [9.17, 15) is 57.5 Å². The lowest BCUT2D eigenvalue weighted by Gasteiger charge is -2.28. The van der Waals surface area contributed by atoms with Gasteiger partial charge in [0, 0.05) is 37.8 Å². The second kappa shape index (κ2) is 60.3. The van der Waals surface area contributed by atoms with E-state index < -0.39 is 47.8 Å². The average molecular weight is 1710 g/mol. The zero-order valence-corrected chi connectivity index (χ0v) is 73.4. The average Bonchev–Trinajstić information content (AvgIpc) is 0.851. The van der Waals surface area contributed by atoms with Gasteiger partial charge in [-0.15, -0.1) is 0 Å².